The van der Waals surface area contributed by atoms with Crippen LogP contribution in [0, 0.1) is 23.3 Å². The minimum atomic E-state index is -1.10. The molecule has 4 nitrogen and oxygen atoms in total. The maximum Gasteiger partial charge on any atom is 0.162 e. The predicted molar refractivity (Wildman–Crippen MR) is 72.5 cm³/mol. The first kappa shape index (κ1) is 15.7. The Kier molecular flexibility index (Phi) is 4.59. The lowest BCUT2D eigenvalue weighted by Gasteiger charge is -2.12. The minimum absolute atomic E-state index is 0.0549. The zero-order valence-electron chi connectivity index (χ0n) is 11.2. The van der Waals surface area contributed by atoms with Crippen molar-refractivity contribution in [1.82, 2.24) is 0 Å². The summed E-state index contributed by atoms with van der Waals surface area (Å²) < 4.78 is 62.0. The zero-order chi connectivity index (χ0) is 16.3. The van der Waals surface area contributed by atoms with E-state index in [9.17, 15) is 17.6 Å². The second-order valence-electron chi connectivity index (χ2n) is 4.31. The van der Waals surface area contributed by atoms with Crippen molar-refractivity contribution in [2.45, 2.75) is 0 Å². The van der Waals surface area contributed by atoms with E-state index < -0.39 is 23.3 Å². The molecule has 0 heterocycles. The largest absolute Gasteiger partial charge is 0.488 e. The average Bonchev–Trinajstić information content (AvgIpc) is 2.45. The highest BCUT2D eigenvalue weighted by Gasteiger charge is 2.10. The molecular weight excluding hydrogens is 304 g/mol. The Bertz CT molecular complexity index is 636. The molecule has 0 atom stereocenters. The molecule has 0 amide bonds. The van der Waals surface area contributed by atoms with E-state index in [2.05, 4.69) is 0 Å². The van der Waals surface area contributed by atoms with Gasteiger partial charge in [-0.15, -0.1) is 0 Å². The third-order valence-electron chi connectivity index (χ3n) is 2.70. The van der Waals surface area contributed by atoms with Gasteiger partial charge in [-0.2, -0.15) is 0 Å². The smallest absolute Gasteiger partial charge is 0.162 e. The maximum absolute atomic E-state index is 13.0. The number of benzene rings is 2. The number of anilines is 2. The van der Waals surface area contributed by atoms with Crippen molar-refractivity contribution in [3.63, 3.8) is 0 Å². The molecule has 22 heavy (non-hydrogen) atoms. The molecule has 0 saturated carbocycles. The van der Waals surface area contributed by atoms with Gasteiger partial charge < -0.3 is 20.9 Å². The molecule has 8 heteroatoms. The molecule has 0 aromatic heterocycles. The van der Waals surface area contributed by atoms with E-state index in [1.54, 1.807) is 0 Å². The number of hydrogen-bond acceptors (Lipinski definition) is 4. The van der Waals surface area contributed by atoms with E-state index in [1.807, 2.05) is 0 Å². The number of rotatable bonds is 5. The number of nitrogen functional groups attached to an aromatic ring is 2. The molecule has 0 radical (unpaired) electrons. The van der Waals surface area contributed by atoms with Crippen molar-refractivity contribution >= 4 is 11.4 Å². The Morgan fingerprint density at radius 2 is 0.955 bits per heavy atom. The monoisotopic (exact) mass is 316 g/mol. The number of nitrogens with two attached hydrogens (primary N) is 2. The molecule has 0 aliphatic heterocycles. The van der Waals surface area contributed by atoms with Crippen molar-refractivity contribution in [2.24, 2.45) is 0 Å². The van der Waals surface area contributed by atoms with Crippen LogP contribution in [0.5, 0.6) is 11.5 Å². The molecule has 2 rings (SSSR count). The van der Waals surface area contributed by atoms with Crippen LogP contribution in [0.2, 0.25) is 0 Å². The standard InChI is InChI=1S/C14H12F4N2O2/c15-7-3-11(19)13(5-9(7)17)21-1-2-22-14-6-10(18)8(16)4-12(14)20/h3-6H,1-2,19-20H2. The fourth-order valence-electron chi connectivity index (χ4n) is 1.64. The third kappa shape index (κ3) is 3.51. The van der Waals surface area contributed by atoms with E-state index in [0.29, 0.717) is 0 Å². The van der Waals surface area contributed by atoms with Crippen LogP contribution in [0.25, 0.3) is 0 Å². The number of ether oxygens (including phenoxy) is 2. The van der Waals surface area contributed by atoms with Gasteiger partial charge in [-0.05, 0) is 0 Å². The van der Waals surface area contributed by atoms with Crippen LogP contribution in [-0.4, -0.2) is 13.2 Å². The number of halogens is 4. The summed E-state index contributed by atoms with van der Waals surface area (Å²) in [7, 11) is 0. The molecule has 2 aromatic carbocycles. The van der Waals surface area contributed by atoms with Crippen LogP contribution in [0.4, 0.5) is 28.9 Å². The second kappa shape index (κ2) is 6.42. The van der Waals surface area contributed by atoms with Crippen LogP contribution >= 0.6 is 0 Å². The lowest BCUT2D eigenvalue weighted by molar-refractivity contribution is 0.217. The van der Waals surface area contributed by atoms with Crippen molar-refractivity contribution in [1.29, 1.82) is 0 Å². The lowest BCUT2D eigenvalue weighted by atomic mass is 10.3. The van der Waals surface area contributed by atoms with Gasteiger partial charge in [0.25, 0.3) is 0 Å². The summed E-state index contributed by atoms with van der Waals surface area (Å²) in [5, 5.41) is 0. The maximum atomic E-state index is 13.0. The van der Waals surface area contributed by atoms with Gasteiger partial charge in [0.2, 0.25) is 0 Å². The van der Waals surface area contributed by atoms with Crippen molar-refractivity contribution in [3.05, 3.63) is 47.5 Å². The van der Waals surface area contributed by atoms with Gasteiger partial charge in [0.1, 0.15) is 24.7 Å². The Labute approximate surface area is 123 Å². The molecule has 4 N–H and O–H groups in total. The highest BCUT2D eigenvalue weighted by Crippen LogP contribution is 2.26. The van der Waals surface area contributed by atoms with Crippen molar-refractivity contribution in [2.75, 3.05) is 24.7 Å². The van der Waals surface area contributed by atoms with Gasteiger partial charge in [0, 0.05) is 24.3 Å². The lowest BCUT2D eigenvalue weighted by Crippen LogP contribution is -2.11. The summed E-state index contributed by atoms with van der Waals surface area (Å²) in [6.45, 7) is -0.179. The van der Waals surface area contributed by atoms with Crippen molar-refractivity contribution in [3.8, 4) is 11.5 Å². The van der Waals surface area contributed by atoms with Gasteiger partial charge in [0.15, 0.2) is 23.3 Å². The second-order valence-corrected chi connectivity index (χ2v) is 4.31. The van der Waals surface area contributed by atoms with E-state index >= 15 is 0 Å². The Hall–Kier alpha value is -2.64. The topological polar surface area (TPSA) is 70.5 Å². The van der Waals surface area contributed by atoms with E-state index in [-0.39, 0.29) is 36.1 Å². The summed E-state index contributed by atoms with van der Waals surface area (Å²) in [5.74, 6) is -4.49. The first-order valence-corrected chi connectivity index (χ1v) is 6.13. The first-order valence-electron chi connectivity index (χ1n) is 6.13. The van der Waals surface area contributed by atoms with E-state index in [1.165, 1.54) is 0 Å². The van der Waals surface area contributed by atoms with Crippen molar-refractivity contribution < 1.29 is 27.0 Å². The molecular formula is C14H12F4N2O2. The van der Waals surface area contributed by atoms with Gasteiger partial charge in [-0.3, -0.25) is 0 Å². The van der Waals surface area contributed by atoms with Crippen LogP contribution in [0.3, 0.4) is 0 Å². The quantitative estimate of drug-likeness (QED) is 0.505. The van der Waals surface area contributed by atoms with E-state index in [0.717, 1.165) is 24.3 Å². The highest BCUT2D eigenvalue weighted by atomic mass is 19.2. The Balaban J connectivity index is 1.93. The molecule has 118 valence electrons. The molecule has 0 aliphatic carbocycles. The third-order valence-corrected chi connectivity index (χ3v) is 2.70. The van der Waals surface area contributed by atoms with Crippen LogP contribution in [0.15, 0.2) is 24.3 Å². The summed E-state index contributed by atoms with van der Waals surface area (Å²) in [6.07, 6.45) is 0. The average molecular weight is 316 g/mol. The van der Waals surface area contributed by atoms with Gasteiger partial charge in [-0.1, -0.05) is 0 Å². The fraction of sp³-hybridized carbons (Fsp3) is 0.143. The summed E-state index contributed by atoms with van der Waals surface area (Å²) in [5.41, 5.74) is 10.8. The normalized spacial score (nSPS) is 10.5. The first-order chi connectivity index (χ1) is 10.4. The molecule has 0 fully saturated rings. The summed E-state index contributed by atoms with van der Waals surface area (Å²) in [6, 6.07) is 3.19. The Morgan fingerprint density at radius 3 is 1.32 bits per heavy atom. The van der Waals surface area contributed by atoms with Crippen LogP contribution in [-0.2, 0) is 0 Å². The van der Waals surface area contributed by atoms with Gasteiger partial charge in [0.05, 0.1) is 11.4 Å². The minimum Gasteiger partial charge on any atom is -0.488 e. The Morgan fingerprint density at radius 1 is 0.636 bits per heavy atom. The zero-order valence-corrected chi connectivity index (χ0v) is 11.2. The van der Waals surface area contributed by atoms with Crippen LogP contribution < -0.4 is 20.9 Å². The van der Waals surface area contributed by atoms with E-state index in [4.69, 9.17) is 20.9 Å². The molecule has 2 aromatic rings. The SMILES string of the molecule is Nc1cc(F)c(F)cc1OCCOc1cc(F)c(F)cc1N. The fourth-order valence-corrected chi connectivity index (χ4v) is 1.64. The summed E-state index contributed by atoms with van der Waals surface area (Å²) in [4.78, 5) is 0. The molecule has 0 unspecified atom stereocenters. The van der Waals surface area contributed by atoms with Gasteiger partial charge in [-0.25, -0.2) is 17.6 Å². The highest BCUT2D eigenvalue weighted by molar-refractivity contribution is 5.53. The molecule has 0 saturated heterocycles. The molecule has 0 bridgehead atoms. The number of hydrogen-bond donors (Lipinski definition) is 2. The molecule has 0 aliphatic rings. The van der Waals surface area contributed by atoms with Crippen LogP contribution in [0.1, 0.15) is 0 Å². The molecule has 0 spiro atoms. The summed E-state index contributed by atoms with van der Waals surface area (Å²) >= 11 is 0. The van der Waals surface area contributed by atoms with Gasteiger partial charge >= 0.3 is 0 Å². The predicted octanol–water partition coefficient (Wildman–Crippen LogP) is 2.87.